The van der Waals surface area contributed by atoms with Crippen LogP contribution in [0.15, 0.2) is 63.4 Å². The van der Waals surface area contributed by atoms with Gasteiger partial charge in [0, 0.05) is 11.6 Å². The van der Waals surface area contributed by atoms with Gasteiger partial charge < -0.3 is 14.5 Å². The van der Waals surface area contributed by atoms with Crippen LogP contribution in [0.4, 0.5) is 10.8 Å². The highest BCUT2D eigenvalue weighted by Crippen LogP contribution is 2.30. The van der Waals surface area contributed by atoms with Crippen molar-refractivity contribution in [2.75, 3.05) is 5.32 Å². The van der Waals surface area contributed by atoms with Gasteiger partial charge in [-0.2, -0.15) is 0 Å². The Morgan fingerprint density at radius 2 is 1.72 bits per heavy atom. The maximum atomic E-state index is 5.80. The van der Waals surface area contributed by atoms with Crippen LogP contribution in [0.2, 0.25) is 0 Å². The summed E-state index contributed by atoms with van der Waals surface area (Å²) in [7, 11) is 0. The molecule has 148 valence electrons. The number of aromatic nitrogens is 4. The van der Waals surface area contributed by atoms with Gasteiger partial charge in [-0.05, 0) is 36.4 Å². The molecule has 2 aromatic carbocycles. The Kier molecular flexibility index (Phi) is 6.06. The molecule has 0 aliphatic carbocycles. The van der Waals surface area contributed by atoms with E-state index in [2.05, 4.69) is 25.7 Å². The monoisotopic (exact) mass is 425 g/mol. The highest BCUT2D eigenvalue weighted by atomic mass is 32.2. The molecule has 2 aromatic heterocycles. The minimum Gasteiger partial charge on any atom is -0.457 e. The fourth-order valence-corrected chi connectivity index (χ4v) is 3.96. The molecular weight excluding hydrogens is 406 g/mol. The van der Waals surface area contributed by atoms with Crippen molar-refractivity contribution in [1.29, 1.82) is 0 Å². The number of nitrogens with zero attached hydrogens (tertiary/aromatic N) is 4. The maximum Gasteiger partial charge on any atom is 0.226 e. The van der Waals surface area contributed by atoms with Crippen molar-refractivity contribution in [3.05, 3.63) is 66.4 Å². The van der Waals surface area contributed by atoms with Crippen molar-refractivity contribution in [3.8, 4) is 11.5 Å². The standard InChI is InChI=1S/C20H19N5O2S2/c1-13(2)18-23-22-17(27-18)12-28-20-25-24-19(29-20)21-14-8-10-16(11-9-14)26-15-6-4-3-5-7-15/h3-11,13H,12H2,1-2H3,(H,21,24). The van der Waals surface area contributed by atoms with Gasteiger partial charge in [0.25, 0.3) is 0 Å². The largest absolute Gasteiger partial charge is 0.457 e. The molecule has 0 amide bonds. The molecule has 0 fully saturated rings. The summed E-state index contributed by atoms with van der Waals surface area (Å²) in [6.45, 7) is 4.04. The van der Waals surface area contributed by atoms with Gasteiger partial charge in [-0.3, -0.25) is 0 Å². The Bertz CT molecular complexity index is 1050. The number of para-hydroxylation sites is 1. The topological polar surface area (TPSA) is 86.0 Å². The minimum atomic E-state index is 0.225. The van der Waals surface area contributed by atoms with E-state index in [0.717, 1.165) is 26.7 Å². The van der Waals surface area contributed by atoms with E-state index < -0.39 is 0 Å². The summed E-state index contributed by atoms with van der Waals surface area (Å²) in [6, 6.07) is 17.4. The number of nitrogens with one attached hydrogen (secondary N) is 1. The highest BCUT2D eigenvalue weighted by molar-refractivity contribution is 8.00. The quantitative estimate of drug-likeness (QED) is 0.351. The molecule has 4 aromatic rings. The lowest BCUT2D eigenvalue weighted by molar-refractivity contribution is 0.445. The number of anilines is 2. The first kappa shape index (κ1) is 19.4. The number of rotatable bonds is 8. The van der Waals surface area contributed by atoms with Gasteiger partial charge in [0.2, 0.25) is 16.9 Å². The molecule has 29 heavy (non-hydrogen) atoms. The van der Waals surface area contributed by atoms with Gasteiger partial charge in [0.15, 0.2) is 4.34 Å². The summed E-state index contributed by atoms with van der Waals surface area (Å²) in [4.78, 5) is 0. The Balaban J connectivity index is 1.31. The van der Waals surface area contributed by atoms with Crippen LogP contribution in [0.25, 0.3) is 0 Å². The van der Waals surface area contributed by atoms with Crippen LogP contribution in [-0.4, -0.2) is 20.4 Å². The summed E-state index contributed by atoms with van der Waals surface area (Å²) in [5.74, 6) is 3.62. The Labute approximate surface area is 176 Å². The molecule has 7 nitrogen and oxygen atoms in total. The Morgan fingerprint density at radius 1 is 0.966 bits per heavy atom. The van der Waals surface area contributed by atoms with Gasteiger partial charge in [-0.15, -0.1) is 20.4 Å². The number of benzene rings is 2. The van der Waals surface area contributed by atoms with Gasteiger partial charge in [0.05, 0.1) is 5.75 Å². The SMILES string of the molecule is CC(C)c1nnc(CSc2nnc(Nc3ccc(Oc4ccccc4)cc3)s2)o1. The molecular formula is C20H19N5O2S2. The van der Waals surface area contributed by atoms with Crippen LogP contribution in [0.1, 0.15) is 31.5 Å². The lowest BCUT2D eigenvalue weighted by Gasteiger charge is -2.06. The average molecular weight is 426 g/mol. The third kappa shape index (κ3) is 5.33. The van der Waals surface area contributed by atoms with E-state index in [4.69, 9.17) is 9.15 Å². The summed E-state index contributed by atoms with van der Waals surface area (Å²) in [5.41, 5.74) is 0.914. The zero-order chi connectivity index (χ0) is 20.1. The van der Waals surface area contributed by atoms with E-state index in [0.29, 0.717) is 17.5 Å². The smallest absolute Gasteiger partial charge is 0.226 e. The number of hydrogen-bond acceptors (Lipinski definition) is 9. The molecule has 0 bridgehead atoms. The van der Waals surface area contributed by atoms with Crippen LogP contribution >= 0.6 is 23.1 Å². The first-order valence-corrected chi connectivity index (χ1v) is 10.8. The highest BCUT2D eigenvalue weighted by Gasteiger charge is 2.12. The summed E-state index contributed by atoms with van der Waals surface area (Å²) >= 11 is 3.00. The maximum absolute atomic E-state index is 5.80. The second-order valence-corrected chi connectivity index (χ2v) is 8.62. The zero-order valence-corrected chi connectivity index (χ0v) is 17.5. The van der Waals surface area contributed by atoms with E-state index in [1.165, 1.54) is 23.1 Å². The fraction of sp³-hybridized carbons (Fsp3) is 0.200. The molecule has 0 aliphatic rings. The van der Waals surface area contributed by atoms with Gasteiger partial charge in [0.1, 0.15) is 11.5 Å². The first-order valence-electron chi connectivity index (χ1n) is 9.04. The molecule has 1 N–H and O–H groups in total. The van der Waals surface area contributed by atoms with Crippen LogP contribution in [0.3, 0.4) is 0 Å². The predicted molar refractivity (Wildman–Crippen MR) is 114 cm³/mol. The summed E-state index contributed by atoms with van der Waals surface area (Å²) in [5, 5.41) is 20.5. The van der Waals surface area contributed by atoms with Crippen molar-refractivity contribution in [1.82, 2.24) is 20.4 Å². The lowest BCUT2D eigenvalue weighted by Crippen LogP contribution is -1.90. The van der Waals surface area contributed by atoms with Crippen LogP contribution in [-0.2, 0) is 5.75 Å². The average Bonchev–Trinajstić information content (AvgIpc) is 3.38. The molecule has 2 heterocycles. The van der Waals surface area contributed by atoms with Crippen molar-refractivity contribution < 1.29 is 9.15 Å². The van der Waals surface area contributed by atoms with Crippen LogP contribution < -0.4 is 10.1 Å². The van der Waals surface area contributed by atoms with Crippen LogP contribution in [0, 0.1) is 0 Å². The van der Waals surface area contributed by atoms with Crippen LogP contribution in [0.5, 0.6) is 11.5 Å². The summed E-state index contributed by atoms with van der Waals surface area (Å²) in [6.07, 6.45) is 0. The van der Waals surface area contributed by atoms with Gasteiger partial charge >= 0.3 is 0 Å². The van der Waals surface area contributed by atoms with Crippen molar-refractivity contribution >= 4 is 33.9 Å². The second-order valence-electron chi connectivity index (χ2n) is 6.42. The summed E-state index contributed by atoms with van der Waals surface area (Å²) < 4.78 is 12.2. The van der Waals surface area contributed by atoms with Crippen molar-refractivity contribution in [3.63, 3.8) is 0 Å². The molecule has 0 saturated heterocycles. The van der Waals surface area contributed by atoms with E-state index in [9.17, 15) is 0 Å². The van der Waals surface area contributed by atoms with E-state index in [1.54, 1.807) is 0 Å². The molecule has 4 rings (SSSR count). The van der Waals surface area contributed by atoms with Gasteiger partial charge in [-0.25, -0.2) is 0 Å². The Hall–Kier alpha value is -2.91. The van der Waals surface area contributed by atoms with Gasteiger partial charge in [-0.1, -0.05) is 55.1 Å². The van der Waals surface area contributed by atoms with Crippen molar-refractivity contribution in [2.24, 2.45) is 0 Å². The molecule has 0 spiro atoms. The van der Waals surface area contributed by atoms with Crippen molar-refractivity contribution in [2.45, 2.75) is 29.9 Å². The molecule has 9 heteroatoms. The first-order chi connectivity index (χ1) is 14.2. The second kappa shape index (κ2) is 9.06. The molecule has 0 radical (unpaired) electrons. The molecule has 0 aliphatic heterocycles. The predicted octanol–water partition coefficient (Wildman–Crippen LogP) is 5.87. The molecule has 0 atom stereocenters. The zero-order valence-electron chi connectivity index (χ0n) is 15.9. The van der Waals surface area contributed by atoms with E-state index in [1.807, 2.05) is 68.4 Å². The normalized spacial score (nSPS) is 11.0. The lowest BCUT2D eigenvalue weighted by atomic mass is 10.2. The van der Waals surface area contributed by atoms with E-state index >= 15 is 0 Å². The molecule has 0 unspecified atom stereocenters. The fourth-order valence-electron chi connectivity index (χ4n) is 2.35. The minimum absolute atomic E-state index is 0.225. The Morgan fingerprint density at radius 3 is 2.45 bits per heavy atom. The third-order valence-electron chi connectivity index (χ3n) is 3.79. The third-order valence-corrected chi connectivity index (χ3v) is 5.74. The van der Waals surface area contributed by atoms with E-state index in [-0.39, 0.29) is 5.92 Å². The number of hydrogen-bond donors (Lipinski definition) is 1. The number of thioether (sulfide) groups is 1. The molecule has 0 saturated carbocycles. The number of ether oxygens (including phenoxy) is 1.